The Kier molecular flexibility index (Phi) is 11.0. The molecule has 1 atom stereocenters. The number of hydrogen-bond acceptors (Lipinski definition) is 7. The molecule has 1 aliphatic rings. The van der Waals surface area contributed by atoms with Crippen molar-refractivity contribution in [3.8, 4) is 11.5 Å². The zero-order chi connectivity index (χ0) is 33.8. The number of carbonyl (C=O) groups excluding carboxylic acids is 1. The van der Waals surface area contributed by atoms with Gasteiger partial charge < -0.3 is 20.1 Å². The number of ether oxygens (including phenoxy) is 2. The molecular weight excluding hydrogens is 674 g/mol. The number of aromatic nitrogens is 3. The molecule has 1 amide bonds. The summed E-state index contributed by atoms with van der Waals surface area (Å²) in [5, 5.41) is 12.1. The van der Waals surface area contributed by atoms with Crippen molar-refractivity contribution >= 4 is 45.2 Å². The van der Waals surface area contributed by atoms with Gasteiger partial charge in [0.05, 0.1) is 16.7 Å². The second kappa shape index (κ2) is 15.0. The average molecular weight is 719 g/mol. The van der Waals surface area contributed by atoms with E-state index in [-0.39, 0.29) is 5.91 Å². The van der Waals surface area contributed by atoms with Crippen molar-refractivity contribution in [1.82, 2.24) is 14.8 Å². The van der Waals surface area contributed by atoms with Crippen LogP contribution in [0.25, 0.3) is 0 Å². The molecular formula is C37H44BrN5O3S. The minimum absolute atomic E-state index is 0.213. The number of hydrogen-bond donors (Lipinski definition) is 2. The van der Waals surface area contributed by atoms with Gasteiger partial charge in [0.2, 0.25) is 11.1 Å². The molecule has 0 saturated heterocycles. The van der Waals surface area contributed by atoms with Crippen LogP contribution in [0.2, 0.25) is 0 Å². The number of nitrogens with one attached hydrogen (secondary N) is 2. The van der Waals surface area contributed by atoms with E-state index in [1.165, 1.54) is 16.7 Å². The smallest absolute Gasteiger partial charge is 0.255 e. The number of unbranched alkanes of at least 4 members (excludes halogenated alkanes) is 1. The van der Waals surface area contributed by atoms with Crippen LogP contribution in [0.15, 0.2) is 63.4 Å². The fraction of sp³-hybridized carbons (Fsp3) is 0.378. The fourth-order valence-electron chi connectivity index (χ4n) is 5.65. The van der Waals surface area contributed by atoms with Crippen LogP contribution in [-0.4, -0.2) is 33.0 Å². The molecule has 1 unspecified atom stereocenters. The van der Waals surface area contributed by atoms with E-state index in [1.54, 1.807) is 11.8 Å². The molecule has 4 aromatic rings. The molecule has 0 fully saturated rings. The lowest BCUT2D eigenvalue weighted by atomic mass is 9.94. The van der Waals surface area contributed by atoms with Gasteiger partial charge in [-0.2, -0.15) is 4.98 Å². The highest BCUT2D eigenvalue weighted by molar-refractivity contribution is 9.10. The van der Waals surface area contributed by atoms with Crippen molar-refractivity contribution in [1.29, 1.82) is 0 Å². The lowest BCUT2D eigenvalue weighted by Gasteiger charge is -2.29. The quantitative estimate of drug-likeness (QED) is 0.111. The maximum atomic E-state index is 14.2. The molecule has 1 aromatic heterocycles. The molecule has 0 radical (unpaired) electrons. The van der Waals surface area contributed by atoms with E-state index in [4.69, 9.17) is 19.6 Å². The Morgan fingerprint density at radius 2 is 1.77 bits per heavy atom. The molecule has 1 aliphatic heterocycles. The molecule has 248 valence electrons. The van der Waals surface area contributed by atoms with Gasteiger partial charge in [-0.3, -0.25) is 4.79 Å². The van der Waals surface area contributed by atoms with Crippen molar-refractivity contribution in [3.05, 3.63) is 97.2 Å². The number of thioether (sulfide) groups is 1. The highest BCUT2D eigenvalue weighted by atomic mass is 79.9. The first-order valence-electron chi connectivity index (χ1n) is 16.1. The predicted molar refractivity (Wildman–Crippen MR) is 195 cm³/mol. The lowest BCUT2D eigenvalue weighted by molar-refractivity contribution is -0.113. The van der Waals surface area contributed by atoms with Gasteiger partial charge in [-0.15, -0.1) is 5.10 Å². The zero-order valence-electron chi connectivity index (χ0n) is 28.5. The van der Waals surface area contributed by atoms with Crippen LogP contribution < -0.4 is 20.1 Å². The van der Waals surface area contributed by atoms with Gasteiger partial charge in [-0.1, -0.05) is 49.4 Å². The molecule has 0 spiro atoms. The van der Waals surface area contributed by atoms with Crippen molar-refractivity contribution in [3.63, 3.8) is 0 Å². The Labute approximate surface area is 290 Å². The molecule has 8 nitrogen and oxygen atoms in total. The number of nitrogens with zero attached hydrogens (tertiary/aromatic N) is 3. The molecule has 3 aromatic carbocycles. The Bertz CT molecular complexity index is 1830. The number of anilines is 2. The van der Waals surface area contributed by atoms with E-state index < -0.39 is 6.04 Å². The number of allylic oxidation sites excluding steroid dienone is 1. The number of rotatable bonds is 12. The van der Waals surface area contributed by atoms with Crippen molar-refractivity contribution in [2.24, 2.45) is 0 Å². The number of benzene rings is 3. The molecule has 5 rings (SSSR count). The number of halogens is 1. The Balaban J connectivity index is 1.57. The van der Waals surface area contributed by atoms with Gasteiger partial charge in [-0.25, -0.2) is 4.68 Å². The second-order valence-corrected chi connectivity index (χ2v) is 14.0. The first kappa shape index (κ1) is 34.6. The summed E-state index contributed by atoms with van der Waals surface area (Å²) in [7, 11) is 0. The van der Waals surface area contributed by atoms with Crippen LogP contribution in [-0.2, 0) is 11.4 Å². The summed E-state index contributed by atoms with van der Waals surface area (Å²) in [6, 6.07) is 13.7. The molecule has 0 aliphatic carbocycles. The fourth-order valence-corrected chi connectivity index (χ4v) is 7.14. The number of carbonyl (C=O) groups is 1. The summed E-state index contributed by atoms with van der Waals surface area (Å²) in [5.41, 5.74) is 9.76. The highest BCUT2D eigenvalue weighted by Gasteiger charge is 2.35. The normalized spacial score (nSPS) is 14.1. The largest absolute Gasteiger partial charge is 0.490 e. The molecule has 2 heterocycles. The van der Waals surface area contributed by atoms with Crippen LogP contribution >= 0.6 is 27.7 Å². The predicted octanol–water partition coefficient (Wildman–Crippen LogP) is 9.38. The first-order chi connectivity index (χ1) is 22.5. The van der Waals surface area contributed by atoms with Crippen LogP contribution in [0.4, 0.5) is 11.6 Å². The first-order valence-corrected chi connectivity index (χ1v) is 17.9. The highest BCUT2D eigenvalue weighted by Crippen LogP contribution is 2.44. The lowest BCUT2D eigenvalue weighted by Crippen LogP contribution is -2.31. The summed E-state index contributed by atoms with van der Waals surface area (Å²) in [5.74, 6) is 2.49. The van der Waals surface area contributed by atoms with Crippen LogP contribution in [0.1, 0.15) is 78.6 Å². The number of amides is 1. The molecule has 10 heteroatoms. The second-order valence-electron chi connectivity index (χ2n) is 12.0. The molecule has 0 bridgehead atoms. The van der Waals surface area contributed by atoms with E-state index in [2.05, 4.69) is 66.4 Å². The third kappa shape index (κ3) is 7.54. The Hall–Kier alpha value is -3.76. The topological polar surface area (TPSA) is 90.3 Å². The molecule has 47 heavy (non-hydrogen) atoms. The summed E-state index contributed by atoms with van der Waals surface area (Å²) >= 11 is 5.42. The summed E-state index contributed by atoms with van der Waals surface area (Å²) in [4.78, 5) is 19.0. The van der Waals surface area contributed by atoms with Gasteiger partial charge in [0.1, 0.15) is 12.6 Å². The maximum Gasteiger partial charge on any atom is 0.255 e. The Morgan fingerprint density at radius 3 is 2.51 bits per heavy atom. The van der Waals surface area contributed by atoms with E-state index in [9.17, 15) is 4.79 Å². The summed E-state index contributed by atoms with van der Waals surface area (Å²) in [6.07, 6.45) is 2.16. The number of fused-ring (bicyclic) bond motifs is 1. The van der Waals surface area contributed by atoms with Gasteiger partial charge in [0, 0.05) is 17.1 Å². The van der Waals surface area contributed by atoms with Crippen molar-refractivity contribution < 1.29 is 14.3 Å². The minimum atomic E-state index is -0.573. The average Bonchev–Trinajstić information content (AvgIpc) is 3.42. The van der Waals surface area contributed by atoms with Crippen molar-refractivity contribution in [2.45, 2.75) is 86.0 Å². The minimum Gasteiger partial charge on any atom is -0.490 e. The van der Waals surface area contributed by atoms with Crippen LogP contribution in [0, 0.1) is 34.6 Å². The summed E-state index contributed by atoms with van der Waals surface area (Å²) < 4.78 is 15.2. The monoisotopic (exact) mass is 717 g/mol. The van der Waals surface area contributed by atoms with Gasteiger partial charge in [-0.05, 0) is 128 Å². The van der Waals surface area contributed by atoms with Crippen LogP contribution in [0.5, 0.6) is 11.5 Å². The summed E-state index contributed by atoms with van der Waals surface area (Å²) in [6.45, 7) is 17.3. The van der Waals surface area contributed by atoms with E-state index >= 15 is 0 Å². The van der Waals surface area contributed by atoms with E-state index in [1.807, 2.05) is 62.7 Å². The van der Waals surface area contributed by atoms with E-state index in [0.717, 1.165) is 51.0 Å². The van der Waals surface area contributed by atoms with Gasteiger partial charge in [0.15, 0.2) is 11.5 Å². The number of aryl methyl sites for hydroxylation is 4. The van der Waals surface area contributed by atoms with Crippen LogP contribution in [0.3, 0.4) is 0 Å². The van der Waals surface area contributed by atoms with Gasteiger partial charge in [0.25, 0.3) is 5.91 Å². The Morgan fingerprint density at radius 1 is 1.00 bits per heavy atom. The van der Waals surface area contributed by atoms with Crippen molar-refractivity contribution in [2.75, 3.05) is 23.0 Å². The SMILES string of the molecule is CCCCSc1nc2n(n1)C(c1cc(Br)c(OCc3cc(C)c(C)cc3C)c(OCC)c1)C(C(=O)Nc1cccc(C)c1C)=C(C)N2. The molecule has 0 saturated carbocycles. The van der Waals surface area contributed by atoms with E-state index in [0.29, 0.717) is 47.1 Å². The van der Waals surface area contributed by atoms with Gasteiger partial charge >= 0.3 is 0 Å². The molecule has 2 N–H and O–H groups in total. The third-order valence-corrected chi connectivity index (χ3v) is 10.1. The standard InChI is InChI=1S/C37H44BrN5O3S/c1-9-11-15-47-37-41-36-39-26(8)32(35(44)40-30-14-12-13-21(3)25(30)7)33(43(36)42-37)27-18-29(38)34(31(19-27)45-10-2)46-20-28-17-23(5)22(4)16-24(28)6/h12-14,16-19,33H,9-11,15,20H2,1-8H3,(H,40,44)(H,39,41,42). The zero-order valence-corrected chi connectivity index (χ0v) is 30.9. The maximum absolute atomic E-state index is 14.2. The third-order valence-electron chi connectivity index (χ3n) is 8.63.